The monoisotopic (exact) mass is 351 g/mol. The molecule has 0 bridgehead atoms. The largest absolute Gasteiger partial charge is 0.415 e. The Labute approximate surface area is 150 Å². The quantitative estimate of drug-likeness (QED) is 0.576. The summed E-state index contributed by atoms with van der Waals surface area (Å²) in [6.07, 6.45) is 1.04. The lowest BCUT2D eigenvalue weighted by Gasteiger charge is -2.28. The highest BCUT2D eigenvalue weighted by Crippen LogP contribution is 2.23. The lowest BCUT2D eigenvalue weighted by molar-refractivity contribution is -0.946. The zero-order valence-electron chi connectivity index (χ0n) is 14.4. The van der Waals surface area contributed by atoms with E-state index in [2.05, 4.69) is 41.4 Å². The van der Waals surface area contributed by atoms with Crippen molar-refractivity contribution < 1.29 is 14.2 Å². The van der Waals surface area contributed by atoms with Crippen molar-refractivity contribution in [3.8, 4) is 11.5 Å². The van der Waals surface area contributed by atoms with Crippen LogP contribution in [-0.4, -0.2) is 21.7 Å². The number of nitro groups is 1. The van der Waals surface area contributed by atoms with Gasteiger partial charge in [0.15, 0.2) is 6.04 Å². The molecule has 132 valence electrons. The summed E-state index contributed by atoms with van der Waals surface area (Å²) in [4.78, 5) is 11.7. The molecule has 2 atom stereocenters. The van der Waals surface area contributed by atoms with Crippen LogP contribution in [0.3, 0.4) is 0 Å². The first-order chi connectivity index (χ1) is 12.6. The van der Waals surface area contributed by atoms with Gasteiger partial charge in [0.05, 0.1) is 11.5 Å². The van der Waals surface area contributed by atoms with E-state index in [1.54, 1.807) is 12.1 Å². The number of benzene rings is 2. The number of hydrogen-bond acceptors (Lipinski definition) is 5. The molecule has 0 saturated carbocycles. The molecule has 1 aliphatic rings. The zero-order chi connectivity index (χ0) is 18.1. The fourth-order valence-corrected chi connectivity index (χ4v) is 3.40. The summed E-state index contributed by atoms with van der Waals surface area (Å²) in [7, 11) is 0. The van der Waals surface area contributed by atoms with Crippen molar-refractivity contribution in [2.24, 2.45) is 0 Å². The smallest absolute Gasteiger partial charge is 0.274 e. The molecule has 0 amide bonds. The highest BCUT2D eigenvalue weighted by atomic mass is 16.6. The van der Waals surface area contributed by atoms with Gasteiger partial charge in [-0.05, 0) is 24.6 Å². The predicted molar refractivity (Wildman–Crippen MR) is 94.5 cm³/mol. The van der Waals surface area contributed by atoms with Gasteiger partial charge in [0.25, 0.3) is 11.6 Å². The number of nitro benzene ring substituents is 1. The van der Waals surface area contributed by atoms with Crippen LogP contribution in [-0.2, 0) is 13.0 Å². The molecular formula is C19H19N4O3+. The third-order valence-corrected chi connectivity index (χ3v) is 5.00. The molecule has 3 aromatic rings. The first kappa shape index (κ1) is 16.4. The lowest BCUT2D eigenvalue weighted by Crippen LogP contribution is -3.11. The molecular weight excluding hydrogens is 332 g/mol. The van der Waals surface area contributed by atoms with Gasteiger partial charge < -0.3 is 9.32 Å². The number of quaternary nitrogens is 1. The van der Waals surface area contributed by atoms with E-state index in [0.717, 1.165) is 19.5 Å². The summed E-state index contributed by atoms with van der Waals surface area (Å²) < 4.78 is 5.86. The summed E-state index contributed by atoms with van der Waals surface area (Å²) in [5.41, 5.74) is 3.51. The Hall–Kier alpha value is -3.06. The molecule has 1 aliphatic heterocycles. The second-order valence-electron chi connectivity index (χ2n) is 6.57. The number of rotatable bonds is 4. The number of aromatic nitrogens is 2. The maximum atomic E-state index is 10.8. The van der Waals surface area contributed by atoms with Gasteiger partial charge >= 0.3 is 0 Å². The van der Waals surface area contributed by atoms with Crippen molar-refractivity contribution in [2.45, 2.75) is 25.9 Å². The van der Waals surface area contributed by atoms with E-state index in [-0.39, 0.29) is 11.7 Å². The predicted octanol–water partition coefficient (Wildman–Crippen LogP) is 2.35. The van der Waals surface area contributed by atoms with Gasteiger partial charge in [0.2, 0.25) is 5.89 Å². The average molecular weight is 351 g/mol. The van der Waals surface area contributed by atoms with Crippen LogP contribution >= 0.6 is 0 Å². The zero-order valence-corrected chi connectivity index (χ0v) is 14.4. The van der Waals surface area contributed by atoms with Crippen molar-refractivity contribution in [1.82, 2.24) is 10.2 Å². The minimum atomic E-state index is -0.428. The van der Waals surface area contributed by atoms with E-state index in [1.807, 2.05) is 0 Å². The van der Waals surface area contributed by atoms with Crippen LogP contribution in [0.25, 0.3) is 11.5 Å². The molecule has 2 heterocycles. The molecule has 0 radical (unpaired) electrons. The van der Waals surface area contributed by atoms with Gasteiger partial charge in [-0.25, -0.2) is 0 Å². The molecule has 0 saturated heterocycles. The third kappa shape index (κ3) is 3.09. The van der Waals surface area contributed by atoms with Crippen molar-refractivity contribution >= 4 is 5.69 Å². The third-order valence-electron chi connectivity index (χ3n) is 5.00. The van der Waals surface area contributed by atoms with E-state index in [1.165, 1.54) is 28.2 Å². The van der Waals surface area contributed by atoms with Gasteiger partial charge in [0, 0.05) is 29.7 Å². The van der Waals surface area contributed by atoms with Crippen molar-refractivity contribution in [3.63, 3.8) is 0 Å². The number of nitrogens with zero attached hydrogens (tertiary/aromatic N) is 3. The topological polar surface area (TPSA) is 86.5 Å². The normalized spacial score (nSPS) is 17.5. The van der Waals surface area contributed by atoms with Crippen molar-refractivity contribution in [2.75, 3.05) is 6.54 Å². The minimum Gasteiger partial charge on any atom is -0.415 e. The fourth-order valence-electron chi connectivity index (χ4n) is 3.40. The van der Waals surface area contributed by atoms with Gasteiger partial charge in [-0.3, -0.25) is 10.1 Å². The molecule has 0 spiro atoms. The molecule has 2 aromatic carbocycles. The number of nitrogens with one attached hydrogen (secondary N) is 1. The summed E-state index contributed by atoms with van der Waals surface area (Å²) >= 11 is 0. The molecule has 7 nitrogen and oxygen atoms in total. The van der Waals surface area contributed by atoms with Crippen molar-refractivity contribution in [1.29, 1.82) is 0 Å². The van der Waals surface area contributed by atoms with Crippen LogP contribution in [0.4, 0.5) is 5.69 Å². The van der Waals surface area contributed by atoms with E-state index in [4.69, 9.17) is 4.42 Å². The summed E-state index contributed by atoms with van der Waals surface area (Å²) in [5, 5.41) is 19.1. The molecule has 0 aliphatic carbocycles. The first-order valence-corrected chi connectivity index (χ1v) is 8.61. The Morgan fingerprint density at radius 3 is 2.58 bits per heavy atom. The van der Waals surface area contributed by atoms with E-state index in [9.17, 15) is 10.1 Å². The molecule has 4 rings (SSSR count). The highest BCUT2D eigenvalue weighted by Gasteiger charge is 2.29. The molecule has 0 fully saturated rings. The molecule has 1 unspecified atom stereocenters. The van der Waals surface area contributed by atoms with Gasteiger partial charge in [0.1, 0.15) is 6.54 Å². The second kappa shape index (κ2) is 6.68. The van der Waals surface area contributed by atoms with Gasteiger partial charge in [-0.1, -0.05) is 24.3 Å². The van der Waals surface area contributed by atoms with E-state index in [0.29, 0.717) is 17.3 Å². The van der Waals surface area contributed by atoms with Crippen LogP contribution in [0.15, 0.2) is 52.9 Å². The van der Waals surface area contributed by atoms with Crippen LogP contribution in [0, 0.1) is 10.1 Å². The van der Waals surface area contributed by atoms with Crippen LogP contribution in [0.2, 0.25) is 0 Å². The summed E-state index contributed by atoms with van der Waals surface area (Å²) in [6.45, 7) is 4.05. The van der Waals surface area contributed by atoms with Crippen LogP contribution < -0.4 is 4.90 Å². The maximum absolute atomic E-state index is 10.8. The van der Waals surface area contributed by atoms with Crippen molar-refractivity contribution in [3.05, 3.63) is 75.7 Å². The van der Waals surface area contributed by atoms with Gasteiger partial charge in [-0.15, -0.1) is 10.2 Å². The SMILES string of the molecule is C[C@H](c1nnc(-c2ccc([N+](=O)[O-])cc2)o1)[NH+]1CCc2ccccc2C1. The Balaban J connectivity index is 1.52. The molecule has 1 aromatic heterocycles. The van der Waals surface area contributed by atoms with E-state index < -0.39 is 4.92 Å². The summed E-state index contributed by atoms with van der Waals surface area (Å²) in [5.74, 6) is 0.978. The van der Waals surface area contributed by atoms with E-state index >= 15 is 0 Å². The first-order valence-electron chi connectivity index (χ1n) is 8.61. The second-order valence-corrected chi connectivity index (χ2v) is 6.57. The Bertz CT molecular complexity index is 936. The summed E-state index contributed by atoms with van der Waals surface area (Å²) in [6, 6.07) is 14.8. The number of fused-ring (bicyclic) bond motifs is 1. The lowest BCUT2D eigenvalue weighted by atomic mass is 9.99. The highest BCUT2D eigenvalue weighted by molar-refractivity contribution is 5.55. The Morgan fingerprint density at radius 1 is 1.12 bits per heavy atom. The minimum absolute atomic E-state index is 0.0401. The standard InChI is InChI=1S/C19H18N4O3/c1-13(22-11-10-14-4-2-3-5-16(14)12-22)18-20-21-19(26-18)15-6-8-17(9-7-15)23(24)25/h2-9,13H,10-12H2,1H3/p+1/t13-/m1/s1. The molecule has 7 heteroatoms. The fraction of sp³-hybridized carbons (Fsp3) is 0.263. The van der Waals surface area contributed by atoms with Gasteiger partial charge in [-0.2, -0.15) is 0 Å². The Morgan fingerprint density at radius 2 is 1.85 bits per heavy atom. The Kier molecular flexibility index (Phi) is 4.22. The molecule has 1 N–H and O–H groups in total. The maximum Gasteiger partial charge on any atom is 0.274 e. The average Bonchev–Trinajstić information content (AvgIpc) is 3.17. The van der Waals surface area contributed by atoms with Crippen LogP contribution in [0.5, 0.6) is 0 Å². The number of non-ortho nitro benzene ring substituents is 1. The van der Waals surface area contributed by atoms with Crippen LogP contribution in [0.1, 0.15) is 30.0 Å². The number of hydrogen-bond donors (Lipinski definition) is 1. The molecule has 26 heavy (non-hydrogen) atoms.